The van der Waals surface area contributed by atoms with E-state index in [0.717, 1.165) is 11.3 Å². The molecule has 0 radical (unpaired) electrons. The van der Waals surface area contributed by atoms with Crippen LogP contribution in [0.4, 0.5) is 0 Å². The largest absolute Gasteiger partial charge is 0.497 e. The maximum Gasteiger partial charge on any atom is 0.328 e. The van der Waals surface area contributed by atoms with Crippen LogP contribution >= 0.6 is 0 Å². The Kier molecular flexibility index (Phi) is 4.62. The Morgan fingerprint density at radius 1 is 1.35 bits per heavy atom. The molecule has 2 rings (SSSR count). The lowest BCUT2D eigenvalue weighted by Crippen LogP contribution is -2.55. The lowest BCUT2D eigenvalue weighted by molar-refractivity contribution is -0.156. The Morgan fingerprint density at radius 3 is 2.40 bits per heavy atom. The van der Waals surface area contributed by atoms with E-state index in [4.69, 9.17) is 9.47 Å². The van der Waals surface area contributed by atoms with Crippen molar-refractivity contribution in [3.8, 4) is 5.75 Å². The molecule has 110 valence electrons. The highest BCUT2D eigenvalue weighted by Crippen LogP contribution is 2.34. The van der Waals surface area contributed by atoms with Crippen LogP contribution in [0.2, 0.25) is 0 Å². The van der Waals surface area contributed by atoms with E-state index in [1.807, 2.05) is 36.1 Å². The van der Waals surface area contributed by atoms with Crippen molar-refractivity contribution >= 4 is 5.97 Å². The third-order valence-corrected chi connectivity index (χ3v) is 3.98. The fourth-order valence-corrected chi connectivity index (χ4v) is 2.83. The van der Waals surface area contributed by atoms with Gasteiger partial charge in [-0.05, 0) is 24.1 Å². The first-order valence-corrected chi connectivity index (χ1v) is 6.86. The molecule has 5 heteroatoms. The van der Waals surface area contributed by atoms with Gasteiger partial charge in [-0.25, -0.2) is 4.79 Å². The minimum atomic E-state index is -0.990. The second-order valence-electron chi connectivity index (χ2n) is 4.85. The van der Waals surface area contributed by atoms with Crippen LogP contribution in [-0.4, -0.2) is 49.4 Å². The van der Waals surface area contributed by atoms with E-state index in [-0.39, 0.29) is 0 Å². The minimum Gasteiger partial charge on any atom is -0.497 e. The Morgan fingerprint density at radius 2 is 1.95 bits per heavy atom. The number of morpholine rings is 1. The van der Waals surface area contributed by atoms with E-state index in [1.54, 1.807) is 7.11 Å². The Balaban J connectivity index is 2.41. The molecule has 1 atom stereocenters. The summed E-state index contributed by atoms with van der Waals surface area (Å²) in [4.78, 5) is 14.0. The average molecular weight is 279 g/mol. The van der Waals surface area contributed by atoms with E-state index in [1.165, 1.54) is 0 Å². The Labute approximate surface area is 119 Å². The highest BCUT2D eigenvalue weighted by molar-refractivity contribution is 5.81. The smallest absolute Gasteiger partial charge is 0.328 e. The summed E-state index contributed by atoms with van der Waals surface area (Å²) in [5.74, 6) is -0.0850. The molecule has 1 fully saturated rings. The predicted octanol–water partition coefficient (Wildman–Crippen LogP) is 1.72. The number of nitrogens with zero attached hydrogens (tertiary/aromatic N) is 1. The molecular weight excluding hydrogens is 258 g/mol. The second kappa shape index (κ2) is 6.24. The van der Waals surface area contributed by atoms with Gasteiger partial charge < -0.3 is 14.6 Å². The first-order valence-electron chi connectivity index (χ1n) is 6.86. The lowest BCUT2D eigenvalue weighted by atomic mass is 9.85. The van der Waals surface area contributed by atoms with Crippen LogP contribution in [0.3, 0.4) is 0 Å². The van der Waals surface area contributed by atoms with Gasteiger partial charge in [0.05, 0.1) is 20.3 Å². The molecule has 0 amide bonds. The normalized spacial score (nSPS) is 19.3. The predicted molar refractivity (Wildman–Crippen MR) is 75.0 cm³/mol. The number of hydrogen-bond acceptors (Lipinski definition) is 4. The summed E-state index contributed by atoms with van der Waals surface area (Å²) in [6.45, 7) is 4.32. The van der Waals surface area contributed by atoms with Gasteiger partial charge >= 0.3 is 5.97 Å². The highest BCUT2D eigenvalue weighted by atomic mass is 16.5. The standard InChI is InChI=1S/C15H21NO4/c1-3-15(14(17)18,16-8-10-20-11-9-16)12-4-6-13(19-2)7-5-12/h4-7H,3,8-11H2,1-2H3,(H,17,18). The quantitative estimate of drug-likeness (QED) is 0.889. The van der Waals surface area contributed by atoms with Gasteiger partial charge in [0.2, 0.25) is 0 Å². The molecule has 1 aromatic carbocycles. The summed E-state index contributed by atoms with van der Waals surface area (Å²) < 4.78 is 10.5. The molecular formula is C15H21NO4. The Hall–Kier alpha value is -1.59. The van der Waals surface area contributed by atoms with Gasteiger partial charge in [-0.1, -0.05) is 19.1 Å². The molecule has 0 aliphatic carbocycles. The molecule has 0 saturated carbocycles. The van der Waals surface area contributed by atoms with Crippen LogP contribution in [0.25, 0.3) is 0 Å². The Bertz CT molecular complexity index is 453. The van der Waals surface area contributed by atoms with E-state index < -0.39 is 11.5 Å². The molecule has 1 aromatic rings. The van der Waals surface area contributed by atoms with Gasteiger partial charge in [-0.3, -0.25) is 4.90 Å². The lowest BCUT2D eigenvalue weighted by Gasteiger charge is -2.42. The molecule has 1 N–H and O–H groups in total. The van der Waals surface area contributed by atoms with E-state index in [9.17, 15) is 9.90 Å². The van der Waals surface area contributed by atoms with Crippen LogP contribution in [0, 0.1) is 0 Å². The van der Waals surface area contributed by atoms with Gasteiger partial charge in [0.1, 0.15) is 11.3 Å². The van der Waals surface area contributed by atoms with Crippen molar-refractivity contribution in [2.24, 2.45) is 0 Å². The van der Waals surface area contributed by atoms with Crippen LogP contribution in [0.1, 0.15) is 18.9 Å². The van der Waals surface area contributed by atoms with Crippen molar-refractivity contribution in [1.82, 2.24) is 4.90 Å². The van der Waals surface area contributed by atoms with Crippen LogP contribution in [0.15, 0.2) is 24.3 Å². The van der Waals surface area contributed by atoms with Gasteiger partial charge in [-0.15, -0.1) is 0 Å². The maximum atomic E-state index is 12.0. The van der Waals surface area contributed by atoms with Gasteiger partial charge in [0.25, 0.3) is 0 Å². The van der Waals surface area contributed by atoms with E-state index in [2.05, 4.69) is 0 Å². The maximum absolute atomic E-state index is 12.0. The zero-order chi connectivity index (χ0) is 14.6. The summed E-state index contributed by atoms with van der Waals surface area (Å²) in [5, 5.41) is 9.84. The average Bonchev–Trinajstić information content (AvgIpc) is 2.50. The number of ether oxygens (including phenoxy) is 2. The zero-order valence-corrected chi connectivity index (χ0v) is 12.0. The van der Waals surface area contributed by atoms with Crippen molar-refractivity contribution in [3.05, 3.63) is 29.8 Å². The first kappa shape index (κ1) is 14.8. The van der Waals surface area contributed by atoms with Crippen molar-refractivity contribution < 1.29 is 19.4 Å². The van der Waals surface area contributed by atoms with Crippen molar-refractivity contribution in [3.63, 3.8) is 0 Å². The molecule has 0 aromatic heterocycles. The molecule has 1 unspecified atom stereocenters. The number of carbonyl (C=O) groups is 1. The van der Waals surface area contributed by atoms with Gasteiger partial charge in [0, 0.05) is 13.1 Å². The summed E-state index contributed by atoms with van der Waals surface area (Å²) in [7, 11) is 1.60. The summed E-state index contributed by atoms with van der Waals surface area (Å²) in [6, 6.07) is 7.30. The van der Waals surface area contributed by atoms with E-state index >= 15 is 0 Å². The van der Waals surface area contributed by atoms with Crippen molar-refractivity contribution in [1.29, 1.82) is 0 Å². The number of hydrogen-bond donors (Lipinski definition) is 1. The topological polar surface area (TPSA) is 59.0 Å². The zero-order valence-electron chi connectivity index (χ0n) is 12.0. The number of rotatable bonds is 5. The monoisotopic (exact) mass is 279 g/mol. The molecule has 1 saturated heterocycles. The molecule has 0 bridgehead atoms. The first-order chi connectivity index (χ1) is 9.65. The van der Waals surface area contributed by atoms with Crippen LogP contribution in [0.5, 0.6) is 5.75 Å². The number of benzene rings is 1. The fraction of sp³-hybridized carbons (Fsp3) is 0.533. The number of methoxy groups -OCH3 is 1. The van der Waals surface area contributed by atoms with Crippen molar-refractivity contribution in [2.45, 2.75) is 18.9 Å². The van der Waals surface area contributed by atoms with Gasteiger partial charge in [-0.2, -0.15) is 0 Å². The second-order valence-corrected chi connectivity index (χ2v) is 4.85. The molecule has 0 spiro atoms. The molecule has 1 aliphatic heterocycles. The molecule has 5 nitrogen and oxygen atoms in total. The number of carboxylic acids is 1. The van der Waals surface area contributed by atoms with Crippen LogP contribution < -0.4 is 4.74 Å². The summed E-state index contributed by atoms with van der Waals surface area (Å²) in [5.41, 5.74) is -0.203. The van der Waals surface area contributed by atoms with Crippen LogP contribution in [-0.2, 0) is 15.1 Å². The van der Waals surface area contributed by atoms with E-state index in [0.29, 0.717) is 32.7 Å². The highest BCUT2D eigenvalue weighted by Gasteiger charge is 2.44. The molecule has 1 aliphatic rings. The van der Waals surface area contributed by atoms with Gasteiger partial charge in [0.15, 0.2) is 0 Å². The fourth-order valence-electron chi connectivity index (χ4n) is 2.83. The molecule has 20 heavy (non-hydrogen) atoms. The minimum absolute atomic E-state index is 0.509. The third kappa shape index (κ3) is 2.51. The third-order valence-electron chi connectivity index (χ3n) is 3.98. The summed E-state index contributed by atoms with van der Waals surface area (Å²) >= 11 is 0. The molecule has 1 heterocycles. The summed E-state index contributed by atoms with van der Waals surface area (Å²) in [6.07, 6.45) is 0.509. The SMILES string of the molecule is CCC(C(=O)O)(c1ccc(OC)cc1)N1CCOCC1. The number of aliphatic carboxylic acids is 1. The van der Waals surface area contributed by atoms with Crippen molar-refractivity contribution in [2.75, 3.05) is 33.4 Å². The number of carboxylic acid groups (broad SMARTS) is 1.